The van der Waals surface area contributed by atoms with Gasteiger partial charge in [-0.15, -0.1) is 0 Å². The monoisotopic (exact) mass is 482 g/mol. The third-order valence-electron chi connectivity index (χ3n) is 5.37. The number of nitrogens with zero attached hydrogens (tertiary/aromatic N) is 3. The fourth-order valence-corrected chi connectivity index (χ4v) is 4.41. The van der Waals surface area contributed by atoms with E-state index in [2.05, 4.69) is 10.3 Å². The number of amides is 1. The van der Waals surface area contributed by atoms with Gasteiger partial charge in [-0.05, 0) is 78.5 Å². The molecule has 0 saturated carbocycles. The minimum Gasteiger partial charge on any atom is -0.497 e. The van der Waals surface area contributed by atoms with Crippen LogP contribution in [0.15, 0.2) is 95.0 Å². The lowest BCUT2D eigenvalue weighted by Crippen LogP contribution is -2.19. The summed E-state index contributed by atoms with van der Waals surface area (Å²) in [6.07, 6.45) is 3.77. The van der Waals surface area contributed by atoms with E-state index < -0.39 is 0 Å². The normalized spacial score (nSPS) is 15.4. The smallest absolute Gasteiger partial charge is 0.264 e. The molecule has 1 aliphatic heterocycles. The van der Waals surface area contributed by atoms with Crippen LogP contribution in [0.25, 0.3) is 23.0 Å². The minimum atomic E-state index is -0.199. The Hall–Kier alpha value is -4.30. The van der Waals surface area contributed by atoms with Gasteiger partial charge in [-0.2, -0.15) is 5.10 Å². The van der Waals surface area contributed by atoms with Crippen LogP contribution in [-0.4, -0.2) is 35.1 Å². The molecule has 1 aliphatic rings. The summed E-state index contributed by atoms with van der Waals surface area (Å²) < 4.78 is 12.3. The highest BCUT2D eigenvalue weighted by Gasteiger charge is 2.25. The predicted octanol–water partition coefficient (Wildman–Crippen LogP) is 5.45. The SMILES string of the molecule is COc1ccc(N=C2NC(=O)/C(=C/c3cn(-c4ccccc4)nc3-c3ccc(OC)cc3)S2)cc1. The summed E-state index contributed by atoms with van der Waals surface area (Å²) in [4.78, 5) is 17.8. The van der Waals surface area contributed by atoms with Crippen molar-refractivity contribution in [3.63, 3.8) is 0 Å². The molecule has 0 unspecified atom stereocenters. The van der Waals surface area contributed by atoms with Crippen LogP contribution >= 0.6 is 11.8 Å². The van der Waals surface area contributed by atoms with Gasteiger partial charge in [0.05, 0.1) is 36.2 Å². The van der Waals surface area contributed by atoms with Gasteiger partial charge in [0, 0.05) is 17.3 Å². The van der Waals surface area contributed by atoms with Crippen LogP contribution in [0.2, 0.25) is 0 Å². The number of carbonyl (C=O) groups is 1. The average molecular weight is 483 g/mol. The number of hydrogen-bond acceptors (Lipinski definition) is 6. The largest absolute Gasteiger partial charge is 0.497 e. The van der Waals surface area contributed by atoms with Crippen LogP contribution in [0, 0.1) is 0 Å². The third-order valence-corrected chi connectivity index (χ3v) is 6.28. The van der Waals surface area contributed by atoms with Crippen LogP contribution in [0.1, 0.15) is 5.56 Å². The van der Waals surface area contributed by atoms with Gasteiger partial charge in [-0.3, -0.25) is 4.79 Å². The maximum absolute atomic E-state index is 12.7. The zero-order valence-corrected chi connectivity index (χ0v) is 20.0. The number of amidine groups is 1. The van der Waals surface area contributed by atoms with E-state index in [9.17, 15) is 4.79 Å². The van der Waals surface area contributed by atoms with Gasteiger partial charge in [0.2, 0.25) is 0 Å². The molecular weight excluding hydrogens is 460 g/mol. The highest BCUT2D eigenvalue weighted by molar-refractivity contribution is 8.18. The number of nitrogens with one attached hydrogen (secondary N) is 1. The molecule has 5 rings (SSSR count). The van der Waals surface area contributed by atoms with Crippen LogP contribution in [0.3, 0.4) is 0 Å². The summed E-state index contributed by atoms with van der Waals surface area (Å²) in [6.45, 7) is 0. The number of thioether (sulfide) groups is 1. The number of carbonyl (C=O) groups excluding carboxylic acids is 1. The first kappa shape index (κ1) is 22.5. The zero-order chi connectivity index (χ0) is 24.2. The van der Waals surface area contributed by atoms with Crippen LogP contribution < -0.4 is 14.8 Å². The second-order valence-electron chi connectivity index (χ2n) is 7.62. The van der Waals surface area contributed by atoms with E-state index in [1.807, 2.05) is 95.8 Å². The molecule has 1 amide bonds. The number of methoxy groups -OCH3 is 2. The molecule has 0 atom stereocenters. The Kier molecular flexibility index (Phi) is 6.36. The number of rotatable bonds is 6. The molecule has 35 heavy (non-hydrogen) atoms. The van der Waals surface area contributed by atoms with Crippen molar-refractivity contribution in [1.29, 1.82) is 0 Å². The van der Waals surface area contributed by atoms with E-state index in [4.69, 9.17) is 14.6 Å². The molecule has 8 heteroatoms. The maximum Gasteiger partial charge on any atom is 0.264 e. The van der Waals surface area contributed by atoms with E-state index in [0.29, 0.717) is 10.1 Å². The number of hydrogen-bond donors (Lipinski definition) is 1. The Morgan fingerprint density at radius 3 is 2.23 bits per heavy atom. The second-order valence-corrected chi connectivity index (χ2v) is 8.65. The summed E-state index contributed by atoms with van der Waals surface area (Å²) in [5.74, 6) is 1.32. The van der Waals surface area contributed by atoms with Crippen molar-refractivity contribution in [3.05, 3.63) is 95.5 Å². The van der Waals surface area contributed by atoms with E-state index in [1.165, 1.54) is 11.8 Å². The molecule has 0 radical (unpaired) electrons. The number of aliphatic imine (C=N–C) groups is 1. The van der Waals surface area contributed by atoms with E-state index in [0.717, 1.165) is 39.7 Å². The number of aromatic nitrogens is 2. The van der Waals surface area contributed by atoms with Crippen LogP contribution in [-0.2, 0) is 4.79 Å². The maximum atomic E-state index is 12.7. The average Bonchev–Trinajstić information content (AvgIpc) is 3.48. The Labute approximate surface area is 207 Å². The Morgan fingerprint density at radius 2 is 1.57 bits per heavy atom. The summed E-state index contributed by atoms with van der Waals surface area (Å²) in [5.41, 5.74) is 4.16. The zero-order valence-electron chi connectivity index (χ0n) is 19.1. The fraction of sp³-hybridized carbons (Fsp3) is 0.0741. The first-order valence-electron chi connectivity index (χ1n) is 10.9. The number of benzene rings is 3. The molecule has 1 saturated heterocycles. The Bertz CT molecular complexity index is 1410. The molecule has 1 N–H and O–H groups in total. The van der Waals surface area contributed by atoms with Crippen LogP contribution in [0.4, 0.5) is 5.69 Å². The molecule has 7 nitrogen and oxygen atoms in total. The molecule has 0 aliphatic carbocycles. The molecule has 1 aromatic heterocycles. The van der Waals surface area contributed by atoms with Crippen molar-refractivity contribution in [1.82, 2.24) is 15.1 Å². The lowest BCUT2D eigenvalue weighted by Gasteiger charge is -2.03. The lowest BCUT2D eigenvalue weighted by atomic mass is 10.1. The predicted molar refractivity (Wildman–Crippen MR) is 139 cm³/mol. The van der Waals surface area contributed by atoms with Gasteiger partial charge in [-0.1, -0.05) is 18.2 Å². The number of ether oxygens (including phenoxy) is 2. The molecule has 4 aromatic rings. The van der Waals surface area contributed by atoms with Crippen molar-refractivity contribution in [2.45, 2.75) is 0 Å². The van der Waals surface area contributed by atoms with Crippen molar-refractivity contribution in [3.8, 4) is 28.4 Å². The van der Waals surface area contributed by atoms with Gasteiger partial charge in [0.25, 0.3) is 5.91 Å². The standard InChI is InChI=1S/C27H22N4O3S/c1-33-22-12-8-18(9-13-22)25-19(17-31(30-25)21-6-4-3-5-7-21)16-24-26(32)29-27(35-24)28-20-10-14-23(34-2)15-11-20/h3-17H,1-2H3,(H,28,29,32)/b24-16-. The van der Waals surface area contributed by atoms with E-state index >= 15 is 0 Å². The van der Waals surface area contributed by atoms with E-state index in [-0.39, 0.29) is 5.91 Å². The number of para-hydroxylation sites is 1. The van der Waals surface area contributed by atoms with Gasteiger partial charge in [0.1, 0.15) is 11.5 Å². The summed E-state index contributed by atoms with van der Waals surface area (Å²) in [6, 6.07) is 24.9. The molecule has 3 aromatic carbocycles. The molecule has 174 valence electrons. The minimum absolute atomic E-state index is 0.199. The van der Waals surface area contributed by atoms with Crippen molar-refractivity contribution in [2.75, 3.05) is 14.2 Å². The summed E-state index contributed by atoms with van der Waals surface area (Å²) in [7, 11) is 3.25. The molecule has 0 bridgehead atoms. The fourth-order valence-electron chi connectivity index (χ4n) is 3.57. The Morgan fingerprint density at radius 1 is 0.914 bits per heavy atom. The quantitative estimate of drug-likeness (QED) is 0.370. The Balaban J connectivity index is 1.50. The highest BCUT2D eigenvalue weighted by atomic mass is 32.2. The third kappa shape index (κ3) is 4.97. The van der Waals surface area contributed by atoms with Crippen LogP contribution in [0.5, 0.6) is 11.5 Å². The van der Waals surface area contributed by atoms with E-state index in [1.54, 1.807) is 14.2 Å². The van der Waals surface area contributed by atoms with Crippen molar-refractivity contribution >= 4 is 34.6 Å². The lowest BCUT2D eigenvalue weighted by molar-refractivity contribution is -0.115. The van der Waals surface area contributed by atoms with Crippen molar-refractivity contribution in [2.24, 2.45) is 4.99 Å². The first-order chi connectivity index (χ1) is 17.1. The molecule has 1 fully saturated rings. The van der Waals surface area contributed by atoms with Gasteiger partial charge >= 0.3 is 0 Å². The first-order valence-corrected chi connectivity index (χ1v) is 11.7. The van der Waals surface area contributed by atoms with Gasteiger partial charge in [-0.25, -0.2) is 9.67 Å². The summed E-state index contributed by atoms with van der Waals surface area (Å²) >= 11 is 1.30. The molecule has 2 heterocycles. The second kappa shape index (κ2) is 9.90. The summed E-state index contributed by atoms with van der Waals surface area (Å²) in [5, 5.41) is 8.19. The molecule has 0 spiro atoms. The molecular formula is C27H22N4O3S. The van der Waals surface area contributed by atoms with Crippen molar-refractivity contribution < 1.29 is 14.3 Å². The van der Waals surface area contributed by atoms with Gasteiger partial charge in [0.15, 0.2) is 5.17 Å². The van der Waals surface area contributed by atoms with Gasteiger partial charge < -0.3 is 14.8 Å². The highest BCUT2D eigenvalue weighted by Crippen LogP contribution is 2.32. The topological polar surface area (TPSA) is 77.7 Å².